The van der Waals surface area contributed by atoms with E-state index in [1.54, 1.807) is 12.5 Å². The molecule has 5 heteroatoms. The molecule has 0 aliphatic heterocycles. The number of hydrogen-bond acceptors (Lipinski definition) is 4. The van der Waals surface area contributed by atoms with Gasteiger partial charge in [0.2, 0.25) is 0 Å². The maximum Gasteiger partial charge on any atom is 0.148 e. The Morgan fingerprint density at radius 3 is 2.83 bits per heavy atom. The smallest absolute Gasteiger partial charge is 0.148 e. The van der Waals surface area contributed by atoms with Crippen molar-refractivity contribution in [1.29, 1.82) is 0 Å². The average Bonchev–Trinajstić information content (AvgIpc) is 3.00. The Labute approximate surface area is 112 Å². The monoisotopic (exact) mass is 306 g/mol. The van der Waals surface area contributed by atoms with Crippen LogP contribution in [-0.4, -0.2) is 0 Å². The van der Waals surface area contributed by atoms with Crippen molar-refractivity contribution in [3.05, 3.63) is 58.7 Å². The maximum absolute atomic E-state index is 5.84. The fourth-order valence-electron chi connectivity index (χ4n) is 1.97. The Hall–Kier alpha value is -1.56. The molecule has 0 saturated carbocycles. The molecule has 2 heterocycles. The fourth-order valence-corrected chi connectivity index (χ4v) is 2.43. The molecule has 1 atom stereocenters. The predicted molar refractivity (Wildman–Crippen MR) is 71.8 cm³/mol. The first kappa shape index (κ1) is 11.5. The van der Waals surface area contributed by atoms with Gasteiger partial charge in [-0.2, -0.15) is 0 Å². The second kappa shape index (κ2) is 4.61. The summed E-state index contributed by atoms with van der Waals surface area (Å²) in [7, 11) is 0. The summed E-state index contributed by atoms with van der Waals surface area (Å²) in [6, 6.07) is 9.51. The third-order valence-electron chi connectivity index (χ3n) is 2.84. The van der Waals surface area contributed by atoms with Gasteiger partial charge in [0, 0.05) is 10.9 Å². The molecular weight excluding hydrogens is 296 g/mol. The highest BCUT2D eigenvalue weighted by Crippen LogP contribution is 2.31. The number of furan rings is 2. The molecule has 0 fully saturated rings. The third kappa shape index (κ3) is 1.86. The van der Waals surface area contributed by atoms with E-state index in [0.29, 0.717) is 0 Å². The number of nitrogens with two attached hydrogens (primary N) is 1. The molecule has 1 aromatic carbocycles. The van der Waals surface area contributed by atoms with E-state index in [4.69, 9.17) is 14.7 Å². The number of nitrogens with one attached hydrogen (secondary N) is 1. The Kier molecular flexibility index (Phi) is 2.95. The van der Waals surface area contributed by atoms with Crippen LogP contribution >= 0.6 is 15.9 Å². The Morgan fingerprint density at radius 1 is 1.28 bits per heavy atom. The van der Waals surface area contributed by atoms with E-state index in [9.17, 15) is 0 Å². The molecule has 0 aliphatic carbocycles. The third-order valence-corrected chi connectivity index (χ3v) is 3.47. The van der Waals surface area contributed by atoms with Crippen molar-refractivity contribution in [2.75, 3.05) is 0 Å². The Bertz CT molecular complexity index is 661. The number of rotatable bonds is 3. The second-order valence-electron chi connectivity index (χ2n) is 3.96. The Balaban J connectivity index is 2.11. The van der Waals surface area contributed by atoms with Crippen molar-refractivity contribution in [1.82, 2.24) is 5.43 Å². The molecule has 2 aromatic heterocycles. The molecule has 4 nitrogen and oxygen atoms in total. The summed E-state index contributed by atoms with van der Waals surface area (Å²) in [6.07, 6.45) is 3.25. The molecule has 3 aromatic rings. The van der Waals surface area contributed by atoms with Crippen LogP contribution in [0.3, 0.4) is 0 Å². The SMILES string of the molecule is NNC(c1ccoc1)c1cc2cccc(Br)c2o1. The molecule has 0 bridgehead atoms. The van der Waals surface area contributed by atoms with Gasteiger partial charge in [0.15, 0.2) is 0 Å². The first-order chi connectivity index (χ1) is 8.79. The van der Waals surface area contributed by atoms with Crippen molar-refractivity contribution in [3.8, 4) is 0 Å². The standard InChI is InChI=1S/C13H11BrN2O2/c14-10-3-1-2-8-6-11(18-13(8)10)12(16-15)9-4-5-17-7-9/h1-7,12,16H,15H2. The topological polar surface area (TPSA) is 64.3 Å². The zero-order valence-electron chi connectivity index (χ0n) is 9.39. The summed E-state index contributed by atoms with van der Waals surface area (Å²) >= 11 is 3.47. The molecule has 0 amide bonds. The lowest BCUT2D eigenvalue weighted by atomic mass is 10.1. The summed E-state index contributed by atoms with van der Waals surface area (Å²) in [4.78, 5) is 0. The van der Waals surface area contributed by atoms with Crippen molar-refractivity contribution in [3.63, 3.8) is 0 Å². The summed E-state index contributed by atoms with van der Waals surface area (Å²) in [5.41, 5.74) is 4.47. The van der Waals surface area contributed by atoms with E-state index >= 15 is 0 Å². The molecule has 0 saturated heterocycles. The minimum atomic E-state index is -0.219. The molecular formula is C13H11BrN2O2. The number of para-hydroxylation sites is 1. The molecule has 1 unspecified atom stereocenters. The minimum absolute atomic E-state index is 0.219. The van der Waals surface area contributed by atoms with Crippen LogP contribution < -0.4 is 11.3 Å². The molecule has 18 heavy (non-hydrogen) atoms. The number of benzene rings is 1. The number of fused-ring (bicyclic) bond motifs is 1. The lowest BCUT2D eigenvalue weighted by Crippen LogP contribution is -2.28. The first-order valence-corrected chi connectivity index (χ1v) is 6.25. The quantitative estimate of drug-likeness (QED) is 0.575. The van der Waals surface area contributed by atoms with E-state index in [-0.39, 0.29) is 6.04 Å². The van der Waals surface area contributed by atoms with Gasteiger partial charge in [0.05, 0.1) is 17.0 Å². The molecule has 0 spiro atoms. The highest BCUT2D eigenvalue weighted by molar-refractivity contribution is 9.10. The van der Waals surface area contributed by atoms with Gasteiger partial charge in [-0.3, -0.25) is 5.84 Å². The number of hydrogen-bond donors (Lipinski definition) is 2. The molecule has 0 aliphatic rings. The van der Waals surface area contributed by atoms with Crippen LogP contribution in [-0.2, 0) is 0 Å². The van der Waals surface area contributed by atoms with Gasteiger partial charge in [0.25, 0.3) is 0 Å². The van der Waals surface area contributed by atoms with Crippen LogP contribution in [0.15, 0.2) is 56.2 Å². The van der Waals surface area contributed by atoms with Crippen LogP contribution in [0.1, 0.15) is 17.4 Å². The largest absolute Gasteiger partial charge is 0.472 e. The number of hydrazine groups is 1. The summed E-state index contributed by atoms with van der Waals surface area (Å²) < 4.78 is 11.8. The zero-order chi connectivity index (χ0) is 12.5. The molecule has 0 radical (unpaired) electrons. The van der Waals surface area contributed by atoms with Gasteiger partial charge < -0.3 is 8.83 Å². The highest BCUT2D eigenvalue weighted by atomic mass is 79.9. The lowest BCUT2D eigenvalue weighted by molar-refractivity contribution is 0.471. The van der Waals surface area contributed by atoms with Gasteiger partial charge in [-0.15, -0.1) is 0 Å². The zero-order valence-corrected chi connectivity index (χ0v) is 11.0. The van der Waals surface area contributed by atoms with E-state index in [0.717, 1.165) is 26.8 Å². The van der Waals surface area contributed by atoms with E-state index < -0.39 is 0 Å². The van der Waals surface area contributed by atoms with Crippen LogP contribution in [0.5, 0.6) is 0 Å². The van der Waals surface area contributed by atoms with Crippen LogP contribution in [0.25, 0.3) is 11.0 Å². The normalized spacial score (nSPS) is 13.0. The van der Waals surface area contributed by atoms with Gasteiger partial charge in [0.1, 0.15) is 17.4 Å². The predicted octanol–water partition coefficient (Wildman–Crippen LogP) is 3.34. The van der Waals surface area contributed by atoms with E-state index in [1.807, 2.05) is 30.3 Å². The molecule has 3 rings (SSSR count). The second-order valence-corrected chi connectivity index (χ2v) is 4.82. The van der Waals surface area contributed by atoms with Crippen molar-refractivity contribution < 1.29 is 8.83 Å². The minimum Gasteiger partial charge on any atom is -0.472 e. The summed E-state index contributed by atoms with van der Waals surface area (Å²) in [5.74, 6) is 6.34. The van der Waals surface area contributed by atoms with Gasteiger partial charge in [-0.25, -0.2) is 5.43 Å². The molecule has 3 N–H and O–H groups in total. The van der Waals surface area contributed by atoms with Crippen LogP contribution in [0.2, 0.25) is 0 Å². The van der Waals surface area contributed by atoms with Crippen molar-refractivity contribution in [2.45, 2.75) is 6.04 Å². The average molecular weight is 307 g/mol. The summed E-state index contributed by atoms with van der Waals surface area (Å²) in [5, 5.41) is 1.03. The Morgan fingerprint density at radius 2 is 2.17 bits per heavy atom. The van der Waals surface area contributed by atoms with E-state index in [1.165, 1.54) is 0 Å². The fraction of sp³-hybridized carbons (Fsp3) is 0.0769. The van der Waals surface area contributed by atoms with Crippen molar-refractivity contribution in [2.24, 2.45) is 5.84 Å². The highest BCUT2D eigenvalue weighted by Gasteiger charge is 2.18. The van der Waals surface area contributed by atoms with Crippen molar-refractivity contribution >= 4 is 26.9 Å². The number of halogens is 1. The van der Waals surface area contributed by atoms with Crippen LogP contribution in [0.4, 0.5) is 0 Å². The molecule has 92 valence electrons. The maximum atomic E-state index is 5.84. The van der Waals surface area contributed by atoms with Gasteiger partial charge in [-0.1, -0.05) is 12.1 Å². The van der Waals surface area contributed by atoms with Gasteiger partial charge in [-0.05, 0) is 34.1 Å². The lowest BCUT2D eigenvalue weighted by Gasteiger charge is -2.10. The van der Waals surface area contributed by atoms with Gasteiger partial charge >= 0.3 is 0 Å². The van der Waals surface area contributed by atoms with E-state index in [2.05, 4.69) is 21.4 Å². The van der Waals surface area contributed by atoms with Crippen LogP contribution in [0, 0.1) is 0 Å². The first-order valence-electron chi connectivity index (χ1n) is 5.46. The summed E-state index contributed by atoms with van der Waals surface area (Å²) in [6.45, 7) is 0.